The van der Waals surface area contributed by atoms with Crippen LogP contribution >= 0.6 is 0 Å². The molecule has 0 fully saturated rings. The summed E-state index contributed by atoms with van der Waals surface area (Å²) in [5, 5.41) is 24.4. The smallest absolute Gasteiger partial charge is 0.319 e. The summed E-state index contributed by atoms with van der Waals surface area (Å²) in [5.74, 6) is 2.40. The maximum Gasteiger partial charge on any atom is 0.319 e. The lowest BCUT2D eigenvalue weighted by Crippen LogP contribution is -2.30. The van der Waals surface area contributed by atoms with Crippen LogP contribution in [0, 0.1) is 0 Å². The third-order valence-electron chi connectivity index (χ3n) is 13.7. The number of urea groups is 4. The van der Waals surface area contributed by atoms with Gasteiger partial charge in [0.2, 0.25) is 0 Å². The van der Waals surface area contributed by atoms with E-state index in [2.05, 4.69) is 65.5 Å². The zero-order valence-corrected chi connectivity index (χ0v) is 48.1. The van der Waals surface area contributed by atoms with Gasteiger partial charge < -0.3 is 61.5 Å². The average Bonchev–Trinajstić information content (AvgIpc) is 4.57. The number of benzene rings is 4. The molecule has 0 saturated carbocycles. The van der Waals surface area contributed by atoms with Crippen LogP contribution < -0.4 is 61.5 Å². The van der Waals surface area contributed by atoms with Crippen molar-refractivity contribution in [2.75, 3.05) is 73.9 Å². The van der Waals surface area contributed by atoms with E-state index in [0.717, 1.165) is 66.8 Å². The monoisotopic (exact) mass is 1130 g/mol. The minimum Gasteiger partial charge on any atom is -0.493 e. The van der Waals surface area contributed by atoms with Crippen LogP contribution in [0.2, 0.25) is 0 Å². The fourth-order valence-corrected chi connectivity index (χ4v) is 10.0. The maximum absolute atomic E-state index is 13.9. The number of amides is 8. The molecule has 8 N–H and O–H groups in total. The molecule has 0 spiro atoms. The summed E-state index contributed by atoms with van der Waals surface area (Å²) in [6.45, 7) is 10.7. The van der Waals surface area contributed by atoms with E-state index >= 15 is 0 Å². The number of carbonyl (C=O) groups is 4. The van der Waals surface area contributed by atoms with Gasteiger partial charge in [0.25, 0.3) is 0 Å². The normalized spacial score (nSPS) is 13.7. The maximum atomic E-state index is 13.9. The highest BCUT2D eigenvalue weighted by Gasteiger charge is 2.26. The summed E-state index contributed by atoms with van der Waals surface area (Å²) in [6, 6.07) is 13.7. The van der Waals surface area contributed by atoms with Gasteiger partial charge >= 0.3 is 24.1 Å². The van der Waals surface area contributed by atoms with Crippen LogP contribution in [0.15, 0.2) is 167 Å². The molecule has 4 aromatic carbocycles. The van der Waals surface area contributed by atoms with Crippen molar-refractivity contribution in [2.24, 2.45) is 0 Å². The summed E-state index contributed by atoms with van der Waals surface area (Å²) < 4.78 is 27.4. The van der Waals surface area contributed by atoms with E-state index < -0.39 is 24.1 Å². The molecule has 432 valence electrons. The van der Waals surface area contributed by atoms with Gasteiger partial charge in [-0.1, -0.05) is 52.0 Å². The van der Waals surface area contributed by atoms with Crippen LogP contribution in [-0.2, 0) is 25.7 Å². The van der Waals surface area contributed by atoms with Gasteiger partial charge in [0, 0.05) is 115 Å². The molecule has 8 amide bonds. The quantitative estimate of drug-likeness (QED) is 0.0279. The lowest BCUT2D eigenvalue weighted by Gasteiger charge is -2.25. The molecule has 16 nitrogen and oxygen atoms in total. The predicted octanol–water partition coefficient (Wildman–Crippen LogP) is 12.6. The van der Waals surface area contributed by atoms with E-state index in [9.17, 15) is 19.2 Å². The Balaban J connectivity index is 1.26. The summed E-state index contributed by atoms with van der Waals surface area (Å²) in [6.07, 6.45) is 26.0. The second kappa shape index (κ2) is 29.3. The number of hydrogen-bond acceptors (Lipinski definition) is 8. The van der Waals surface area contributed by atoms with Crippen molar-refractivity contribution in [1.82, 2.24) is 21.3 Å². The van der Waals surface area contributed by atoms with E-state index in [4.69, 9.17) is 18.9 Å². The molecule has 0 heterocycles. The molecular weight excluding hydrogens is 1060 g/mol. The molecule has 5 aliphatic rings. The first-order valence-corrected chi connectivity index (χ1v) is 28.9. The van der Waals surface area contributed by atoms with Crippen LogP contribution in [0.5, 0.6) is 23.0 Å². The molecule has 0 unspecified atom stereocenters. The topological polar surface area (TPSA) is 201 Å². The zero-order valence-electron chi connectivity index (χ0n) is 48.1. The predicted molar refractivity (Wildman–Crippen MR) is 331 cm³/mol. The first-order valence-electron chi connectivity index (χ1n) is 28.9. The zero-order chi connectivity index (χ0) is 58.6. The molecule has 0 radical (unpaired) electrons. The van der Waals surface area contributed by atoms with E-state index in [0.29, 0.717) is 97.9 Å². The molecule has 16 heteroatoms. The Morgan fingerprint density at radius 3 is 0.714 bits per heavy atom. The Hall–Kier alpha value is -9.80. The van der Waals surface area contributed by atoms with Crippen molar-refractivity contribution in [2.45, 2.75) is 79.1 Å². The van der Waals surface area contributed by atoms with Crippen molar-refractivity contribution >= 4 is 46.9 Å². The molecule has 5 aliphatic carbocycles. The lowest BCUT2D eigenvalue weighted by atomic mass is 9.90. The van der Waals surface area contributed by atoms with E-state index in [1.54, 1.807) is 24.3 Å². The fraction of sp³-hybridized carbons (Fsp3) is 0.294. The van der Waals surface area contributed by atoms with Crippen LogP contribution in [0.3, 0.4) is 0 Å². The van der Waals surface area contributed by atoms with Gasteiger partial charge in [0.15, 0.2) is 0 Å². The van der Waals surface area contributed by atoms with Crippen molar-refractivity contribution in [3.05, 3.63) is 211 Å². The van der Waals surface area contributed by atoms with Gasteiger partial charge in [-0.05, 0) is 123 Å². The molecular formula is C68H72N8O8. The van der Waals surface area contributed by atoms with Gasteiger partial charge in [-0.3, -0.25) is 0 Å². The summed E-state index contributed by atoms with van der Waals surface area (Å²) in [5.41, 5.74) is 23.8. The standard InChI is InChI=1S/C68H72N8O8/c1-5-25-81-61-49-29-51-35-58(74-66(78)70-42-46-19-11-12-20-46)37-53(62(51)82-26-6-2)31-55-39-60(76-68(80)72-44-48-23-15-16-24-48)40-56(64(55)84-28-8-4)32-54-38-59(75-67(79)71-43-47-21-13-14-22-47)36-52(63(54)83-27-7-3)30-50(61)34-57(33-49)73-65(77)69-41-45-17-9-10-18-45/h9-17,19,21,23,33-40H,5-8,25-32,41-44H2,1-4H3,(H2,69,73,77)(H2,70,74,78)(H2,71,75,79)(H2,72,76,80). The van der Waals surface area contributed by atoms with Crippen LogP contribution in [0.1, 0.15) is 97.9 Å². The van der Waals surface area contributed by atoms with Gasteiger partial charge in [-0.2, -0.15) is 0 Å². The highest BCUT2D eigenvalue weighted by Crippen LogP contribution is 2.43. The molecule has 0 aromatic heterocycles. The van der Waals surface area contributed by atoms with Gasteiger partial charge in [-0.25, -0.2) is 19.2 Å². The average molecular weight is 1130 g/mol. The lowest BCUT2D eigenvalue weighted by molar-refractivity contribution is 0.252. The van der Waals surface area contributed by atoms with Gasteiger partial charge in [0.05, 0.1) is 52.6 Å². The van der Waals surface area contributed by atoms with E-state index in [-0.39, 0.29) is 51.9 Å². The number of allylic oxidation sites excluding steroid dienone is 4. The first kappa shape index (κ1) is 58.8. The number of fused-ring (bicyclic) bond motifs is 8. The molecule has 0 saturated heterocycles. The van der Waals surface area contributed by atoms with Crippen LogP contribution in [0.4, 0.5) is 41.9 Å². The number of carbonyl (C=O) groups excluding carboxylic acids is 4. The number of ether oxygens (including phenoxy) is 4. The molecule has 9 rings (SSSR count). The molecule has 8 bridgehead atoms. The van der Waals surface area contributed by atoms with Crippen molar-refractivity contribution in [3.8, 4) is 23.0 Å². The largest absolute Gasteiger partial charge is 0.493 e. The highest BCUT2D eigenvalue weighted by molar-refractivity contribution is 5.92. The highest BCUT2D eigenvalue weighted by atomic mass is 16.5. The van der Waals surface area contributed by atoms with Crippen molar-refractivity contribution < 1.29 is 38.1 Å². The SMILES string of the molecule is CCCOc1c2cc(NC(=O)NCC3=C=CC=C3)cc1Cc1cc(NC(=O)NCC3=C=CC=C3)cc(c1OCCC)Cc1cc(NC(=O)NCC3=C=CC=C3)cc(c1OCCC)Cc1cc(NC(=O)NCC3=C=CC=C3)cc(c1OCCC)C2. The van der Waals surface area contributed by atoms with Gasteiger partial charge in [0.1, 0.15) is 23.0 Å². The first-order chi connectivity index (χ1) is 41.0. The third kappa shape index (κ3) is 16.2. The Kier molecular flexibility index (Phi) is 20.5. The Bertz CT molecular complexity index is 3050. The molecule has 84 heavy (non-hydrogen) atoms. The summed E-state index contributed by atoms with van der Waals surface area (Å²) in [4.78, 5) is 55.6. The fourth-order valence-electron chi connectivity index (χ4n) is 10.0. The second-order valence-electron chi connectivity index (χ2n) is 20.6. The summed E-state index contributed by atoms with van der Waals surface area (Å²) in [7, 11) is 0. The minimum absolute atomic E-state index is 0.220. The molecule has 0 atom stereocenters. The number of anilines is 4. The third-order valence-corrected chi connectivity index (χ3v) is 13.7. The minimum atomic E-state index is -0.420. The second-order valence-corrected chi connectivity index (χ2v) is 20.6. The van der Waals surface area contributed by atoms with Crippen LogP contribution in [0.25, 0.3) is 0 Å². The Morgan fingerprint density at radius 2 is 0.548 bits per heavy atom. The van der Waals surface area contributed by atoms with Crippen molar-refractivity contribution in [1.29, 1.82) is 0 Å². The van der Waals surface area contributed by atoms with Crippen molar-refractivity contribution in [3.63, 3.8) is 0 Å². The molecule has 0 aliphatic heterocycles. The Labute approximate surface area is 491 Å². The summed E-state index contributed by atoms with van der Waals surface area (Å²) >= 11 is 0. The Morgan fingerprint density at radius 1 is 0.345 bits per heavy atom. The van der Waals surface area contributed by atoms with E-state index in [1.807, 2.05) is 125 Å². The van der Waals surface area contributed by atoms with Gasteiger partial charge in [-0.15, -0.1) is 22.9 Å². The number of rotatable bonds is 24. The number of hydrogen-bond donors (Lipinski definition) is 8. The molecule has 4 aromatic rings. The van der Waals surface area contributed by atoms with E-state index in [1.165, 1.54) is 0 Å². The number of nitrogens with one attached hydrogen (secondary N) is 8. The van der Waals surface area contributed by atoms with Crippen LogP contribution in [-0.4, -0.2) is 76.7 Å².